The Kier molecular flexibility index (Phi) is 12.7. The summed E-state index contributed by atoms with van der Waals surface area (Å²) in [6.45, 7) is 11.7. The van der Waals surface area contributed by atoms with Gasteiger partial charge in [0.1, 0.15) is 11.1 Å². The molecule has 3 aromatic rings. The molecule has 0 spiro atoms. The van der Waals surface area contributed by atoms with Gasteiger partial charge in [-0.2, -0.15) is 0 Å². The van der Waals surface area contributed by atoms with E-state index in [1.54, 1.807) is 52.9 Å². The van der Waals surface area contributed by atoms with Gasteiger partial charge < -0.3 is 25.4 Å². The highest BCUT2D eigenvalue weighted by atomic mass is 32.2. The molecule has 2 aromatic carbocycles. The van der Waals surface area contributed by atoms with E-state index in [9.17, 15) is 18.0 Å². The Labute approximate surface area is 264 Å². The number of carbonyl (C=O) groups excluding carboxylic acids is 2. The van der Waals surface area contributed by atoms with E-state index in [-0.39, 0.29) is 30.3 Å². The summed E-state index contributed by atoms with van der Waals surface area (Å²) in [6.07, 6.45) is 2.12. The molecule has 1 atom stereocenters. The van der Waals surface area contributed by atoms with Crippen molar-refractivity contribution in [1.82, 2.24) is 20.3 Å². The summed E-state index contributed by atoms with van der Waals surface area (Å²) in [4.78, 5) is 29.6. The van der Waals surface area contributed by atoms with Gasteiger partial charge in [-0.25, -0.2) is 27.7 Å². The van der Waals surface area contributed by atoms with Crippen LogP contribution in [0.3, 0.4) is 0 Å². The molecule has 44 heavy (non-hydrogen) atoms. The molecule has 13 heteroatoms. The first-order valence-corrected chi connectivity index (χ1v) is 16.9. The van der Waals surface area contributed by atoms with E-state index in [1.807, 2.05) is 37.3 Å². The molecule has 0 saturated heterocycles. The van der Waals surface area contributed by atoms with Crippen LogP contribution in [0.1, 0.15) is 71.1 Å². The molecule has 0 fully saturated rings. The van der Waals surface area contributed by atoms with E-state index in [2.05, 4.69) is 25.7 Å². The maximum absolute atomic E-state index is 13.6. The second kappa shape index (κ2) is 16.0. The van der Waals surface area contributed by atoms with Crippen LogP contribution in [0, 0.1) is 0 Å². The first kappa shape index (κ1) is 35.0. The lowest BCUT2D eigenvalue weighted by Gasteiger charge is -2.22. The zero-order valence-corrected chi connectivity index (χ0v) is 27.7. The molecule has 3 amide bonds. The Bertz CT molecular complexity index is 1490. The summed E-state index contributed by atoms with van der Waals surface area (Å²) in [6, 6.07) is 13.8. The fourth-order valence-electron chi connectivity index (χ4n) is 4.15. The second-order valence-electron chi connectivity index (χ2n) is 11.5. The summed E-state index contributed by atoms with van der Waals surface area (Å²) in [5.41, 5.74) is 0.983. The molecule has 240 valence electrons. The lowest BCUT2D eigenvalue weighted by atomic mass is 10.1. The number of nitrogens with zero attached hydrogens (tertiary/aromatic N) is 1. The number of benzene rings is 2. The van der Waals surface area contributed by atoms with Crippen molar-refractivity contribution in [3.63, 3.8) is 0 Å². The minimum absolute atomic E-state index is 0.0179. The molecule has 0 saturated carbocycles. The van der Waals surface area contributed by atoms with Gasteiger partial charge >= 0.3 is 12.1 Å². The van der Waals surface area contributed by atoms with Crippen molar-refractivity contribution >= 4 is 39.2 Å². The molecule has 0 aliphatic carbocycles. The van der Waals surface area contributed by atoms with Crippen LogP contribution in [0.25, 0.3) is 10.4 Å². The normalized spacial score (nSPS) is 12.5. The zero-order chi connectivity index (χ0) is 32.3. The van der Waals surface area contributed by atoms with Crippen LogP contribution in [0.5, 0.6) is 0 Å². The van der Waals surface area contributed by atoms with Crippen LogP contribution in [0.4, 0.5) is 15.3 Å². The number of anilines is 1. The quantitative estimate of drug-likeness (QED) is 0.153. The highest BCUT2D eigenvalue weighted by Crippen LogP contribution is 2.37. The van der Waals surface area contributed by atoms with Crippen molar-refractivity contribution in [2.75, 3.05) is 18.5 Å². The SMILES string of the molecule is CCC[C@H](OCCNC(=O)OC(C)C)c1ncc(-c2ccc(NC(=O)NCc3ccccc3)cc2S(=O)(=O)NC(C)(C)C)s1. The molecule has 11 nitrogen and oxygen atoms in total. The lowest BCUT2D eigenvalue weighted by molar-refractivity contribution is 0.0457. The number of thiazole rings is 1. The number of sulfonamides is 1. The number of urea groups is 1. The number of hydrogen-bond acceptors (Lipinski definition) is 8. The molecular formula is C31H43N5O6S2. The van der Waals surface area contributed by atoms with Gasteiger partial charge in [0.05, 0.1) is 22.5 Å². The molecule has 0 aliphatic rings. The average molecular weight is 646 g/mol. The summed E-state index contributed by atoms with van der Waals surface area (Å²) >= 11 is 1.34. The van der Waals surface area contributed by atoms with Crippen LogP contribution in [0.2, 0.25) is 0 Å². The van der Waals surface area contributed by atoms with Crippen molar-refractivity contribution in [1.29, 1.82) is 0 Å². The molecule has 3 rings (SSSR count). The number of rotatable bonds is 14. The molecule has 0 unspecified atom stereocenters. The Balaban J connectivity index is 1.82. The van der Waals surface area contributed by atoms with E-state index in [0.29, 0.717) is 34.1 Å². The zero-order valence-electron chi connectivity index (χ0n) is 26.1. The molecule has 1 aromatic heterocycles. The maximum atomic E-state index is 13.6. The number of amides is 3. The van der Waals surface area contributed by atoms with Gasteiger partial charge in [0, 0.05) is 36.1 Å². The number of alkyl carbamates (subject to hydrolysis) is 1. The maximum Gasteiger partial charge on any atom is 0.407 e. The standard InChI is InChI=1S/C31H43N5O6S2/c1-7-11-25(41-17-16-32-30(38)42-21(2)3)28-33-20-26(43-28)24-15-14-23(18-27(24)44(39,40)36-31(4,5)6)35-29(37)34-19-22-12-9-8-10-13-22/h8-10,12-15,18,20-21,25,36H,7,11,16-17,19H2,1-6H3,(H,32,38)(H2,34,35,37)/t25-/m0/s1. The Hall–Kier alpha value is -3.52. The predicted octanol–water partition coefficient (Wildman–Crippen LogP) is 6.20. The summed E-state index contributed by atoms with van der Waals surface area (Å²) in [5.74, 6) is 0. The van der Waals surface area contributed by atoms with E-state index in [0.717, 1.165) is 12.0 Å². The fourth-order valence-corrected chi connectivity index (χ4v) is 6.92. The van der Waals surface area contributed by atoms with E-state index >= 15 is 0 Å². The van der Waals surface area contributed by atoms with Gasteiger partial charge in [0.25, 0.3) is 0 Å². The third kappa shape index (κ3) is 11.2. The van der Waals surface area contributed by atoms with Gasteiger partial charge in [0.15, 0.2) is 0 Å². The number of aromatic nitrogens is 1. The number of hydrogen-bond donors (Lipinski definition) is 4. The first-order valence-electron chi connectivity index (χ1n) is 14.6. The summed E-state index contributed by atoms with van der Waals surface area (Å²) in [7, 11) is -3.99. The lowest BCUT2D eigenvalue weighted by Crippen LogP contribution is -2.40. The van der Waals surface area contributed by atoms with Crippen molar-refractivity contribution in [2.45, 2.75) is 83.6 Å². The molecule has 4 N–H and O–H groups in total. The summed E-state index contributed by atoms with van der Waals surface area (Å²) in [5, 5.41) is 8.88. The van der Waals surface area contributed by atoms with Gasteiger partial charge in [-0.05, 0) is 58.7 Å². The van der Waals surface area contributed by atoms with Gasteiger partial charge in [-0.3, -0.25) is 0 Å². The highest BCUT2D eigenvalue weighted by Gasteiger charge is 2.27. The van der Waals surface area contributed by atoms with Crippen molar-refractivity contribution in [3.05, 3.63) is 65.3 Å². The monoisotopic (exact) mass is 645 g/mol. The van der Waals surface area contributed by atoms with Crippen LogP contribution in [-0.2, 0) is 26.0 Å². The van der Waals surface area contributed by atoms with Crippen LogP contribution >= 0.6 is 11.3 Å². The van der Waals surface area contributed by atoms with E-state index in [4.69, 9.17) is 9.47 Å². The smallest absolute Gasteiger partial charge is 0.407 e. The van der Waals surface area contributed by atoms with E-state index < -0.39 is 27.7 Å². The molecule has 0 radical (unpaired) electrons. The van der Waals surface area contributed by atoms with Gasteiger partial charge in [0.2, 0.25) is 10.0 Å². The number of carbonyl (C=O) groups is 2. The molecular weight excluding hydrogens is 603 g/mol. The Morgan fingerprint density at radius 2 is 1.77 bits per heavy atom. The summed E-state index contributed by atoms with van der Waals surface area (Å²) < 4.78 is 41.0. The van der Waals surface area contributed by atoms with Gasteiger partial charge in [-0.1, -0.05) is 49.7 Å². The third-order valence-corrected chi connectivity index (χ3v) is 8.83. The van der Waals surface area contributed by atoms with Crippen molar-refractivity contribution < 1.29 is 27.5 Å². The fraction of sp³-hybridized carbons (Fsp3) is 0.452. The second-order valence-corrected chi connectivity index (χ2v) is 14.2. The number of nitrogens with one attached hydrogen (secondary N) is 4. The molecule has 0 aliphatic heterocycles. The molecule has 1 heterocycles. The highest BCUT2D eigenvalue weighted by molar-refractivity contribution is 7.89. The van der Waals surface area contributed by atoms with Crippen LogP contribution in [0.15, 0.2) is 59.6 Å². The van der Waals surface area contributed by atoms with E-state index in [1.165, 1.54) is 17.4 Å². The predicted molar refractivity (Wildman–Crippen MR) is 173 cm³/mol. The van der Waals surface area contributed by atoms with Gasteiger partial charge in [-0.15, -0.1) is 11.3 Å². The minimum atomic E-state index is -3.99. The van der Waals surface area contributed by atoms with Crippen molar-refractivity contribution in [3.8, 4) is 10.4 Å². The topological polar surface area (TPSA) is 148 Å². The van der Waals surface area contributed by atoms with Crippen LogP contribution in [-0.4, -0.2) is 50.3 Å². The molecule has 0 bridgehead atoms. The third-order valence-electron chi connectivity index (χ3n) is 5.91. The minimum Gasteiger partial charge on any atom is -0.447 e. The Morgan fingerprint density at radius 3 is 2.43 bits per heavy atom. The van der Waals surface area contributed by atoms with Crippen LogP contribution < -0.4 is 20.7 Å². The number of ether oxygens (including phenoxy) is 2. The average Bonchev–Trinajstić information content (AvgIpc) is 3.42. The largest absolute Gasteiger partial charge is 0.447 e. The first-order chi connectivity index (χ1) is 20.8. The van der Waals surface area contributed by atoms with Crippen molar-refractivity contribution in [2.24, 2.45) is 0 Å². The Morgan fingerprint density at radius 1 is 1.05 bits per heavy atom.